The standard InChI is InChI=1S/C9H21IN/c1-5-9(10)8-11(4,6-2)7-3/h9H,5-8H2,1-4H3/q+1. The van der Waals surface area contributed by atoms with E-state index in [9.17, 15) is 0 Å². The summed E-state index contributed by atoms with van der Waals surface area (Å²) in [5.41, 5.74) is 0. The van der Waals surface area contributed by atoms with E-state index in [4.69, 9.17) is 0 Å². The lowest BCUT2D eigenvalue weighted by Gasteiger charge is -2.33. The normalized spacial score (nSPS) is 15.0. The van der Waals surface area contributed by atoms with Gasteiger partial charge in [-0.3, -0.25) is 0 Å². The average Bonchev–Trinajstić information content (AvgIpc) is 2.04. The Morgan fingerprint density at radius 1 is 1.18 bits per heavy atom. The Morgan fingerprint density at radius 2 is 1.64 bits per heavy atom. The van der Waals surface area contributed by atoms with E-state index in [1.54, 1.807) is 0 Å². The van der Waals surface area contributed by atoms with Gasteiger partial charge < -0.3 is 4.48 Å². The van der Waals surface area contributed by atoms with Crippen LogP contribution in [0.15, 0.2) is 0 Å². The van der Waals surface area contributed by atoms with Crippen molar-refractivity contribution in [3.8, 4) is 0 Å². The third-order valence-electron chi connectivity index (χ3n) is 2.61. The Hall–Kier alpha value is 0.690. The summed E-state index contributed by atoms with van der Waals surface area (Å²) in [6.07, 6.45) is 1.30. The van der Waals surface area contributed by atoms with E-state index in [1.165, 1.54) is 30.5 Å². The first kappa shape index (κ1) is 11.7. The molecule has 2 heteroatoms. The topological polar surface area (TPSA) is 0 Å². The van der Waals surface area contributed by atoms with Gasteiger partial charge in [0.15, 0.2) is 0 Å². The van der Waals surface area contributed by atoms with Crippen LogP contribution in [0.3, 0.4) is 0 Å². The van der Waals surface area contributed by atoms with Crippen LogP contribution in [-0.4, -0.2) is 35.1 Å². The Labute approximate surface area is 84.9 Å². The van der Waals surface area contributed by atoms with Crippen molar-refractivity contribution < 1.29 is 4.48 Å². The summed E-state index contributed by atoms with van der Waals surface area (Å²) >= 11 is 2.56. The number of halogens is 1. The molecule has 0 aliphatic carbocycles. The summed E-state index contributed by atoms with van der Waals surface area (Å²) in [6, 6.07) is 0. The highest BCUT2D eigenvalue weighted by atomic mass is 127. The first-order valence-electron chi connectivity index (χ1n) is 4.55. The van der Waals surface area contributed by atoms with Gasteiger partial charge in [0.2, 0.25) is 0 Å². The molecule has 0 saturated heterocycles. The van der Waals surface area contributed by atoms with Gasteiger partial charge in [0.25, 0.3) is 0 Å². The highest BCUT2D eigenvalue weighted by molar-refractivity contribution is 14.1. The molecule has 0 spiro atoms. The molecule has 0 rings (SSSR count). The van der Waals surface area contributed by atoms with Gasteiger partial charge in [0, 0.05) is 0 Å². The van der Waals surface area contributed by atoms with Gasteiger partial charge in [-0.1, -0.05) is 29.5 Å². The zero-order chi connectivity index (χ0) is 8.91. The zero-order valence-corrected chi connectivity index (χ0v) is 10.4. The van der Waals surface area contributed by atoms with Crippen LogP contribution in [0.2, 0.25) is 0 Å². The molecule has 0 aliphatic heterocycles. The van der Waals surface area contributed by atoms with Crippen LogP contribution < -0.4 is 0 Å². The van der Waals surface area contributed by atoms with Crippen molar-refractivity contribution in [2.45, 2.75) is 31.1 Å². The second-order valence-corrected chi connectivity index (χ2v) is 5.20. The van der Waals surface area contributed by atoms with E-state index < -0.39 is 0 Å². The number of hydrogen-bond donors (Lipinski definition) is 0. The van der Waals surface area contributed by atoms with Crippen molar-refractivity contribution in [2.75, 3.05) is 26.7 Å². The molecule has 1 unspecified atom stereocenters. The van der Waals surface area contributed by atoms with Crippen LogP contribution in [0.5, 0.6) is 0 Å². The third-order valence-corrected chi connectivity index (χ3v) is 3.88. The minimum Gasteiger partial charge on any atom is -0.326 e. The van der Waals surface area contributed by atoms with Gasteiger partial charge >= 0.3 is 0 Å². The Bertz CT molecular complexity index is 99.7. The van der Waals surface area contributed by atoms with E-state index in [1.807, 2.05) is 0 Å². The molecule has 0 N–H and O–H groups in total. The summed E-state index contributed by atoms with van der Waals surface area (Å²) in [5.74, 6) is 0. The van der Waals surface area contributed by atoms with Crippen LogP contribution in [-0.2, 0) is 0 Å². The molecule has 68 valence electrons. The van der Waals surface area contributed by atoms with Gasteiger partial charge in [-0.15, -0.1) is 0 Å². The first-order valence-corrected chi connectivity index (χ1v) is 5.80. The van der Waals surface area contributed by atoms with Gasteiger partial charge in [-0.25, -0.2) is 0 Å². The molecule has 11 heavy (non-hydrogen) atoms. The molecule has 0 saturated carbocycles. The molecule has 1 atom stereocenters. The molecular weight excluding hydrogens is 249 g/mol. The van der Waals surface area contributed by atoms with Crippen LogP contribution in [0.4, 0.5) is 0 Å². The van der Waals surface area contributed by atoms with Crippen LogP contribution in [0, 0.1) is 0 Å². The predicted octanol–water partition coefficient (Wildman–Crippen LogP) is 2.69. The van der Waals surface area contributed by atoms with Crippen molar-refractivity contribution in [2.24, 2.45) is 0 Å². The molecule has 0 fully saturated rings. The predicted molar refractivity (Wildman–Crippen MR) is 60.2 cm³/mol. The van der Waals surface area contributed by atoms with Gasteiger partial charge in [0.1, 0.15) is 0 Å². The van der Waals surface area contributed by atoms with Gasteiger partial charge in [-0.05, 0) is 20.3 Å². The first-order chi connectivity index (χ1) is 5.08. The highest BCUT2D eigenvalue weighted by Crippen LogP contribution is 2.12. The van der Waals surface area contributed by atoms with Crippen LogP contribution in [0.25, 0.3) is 0 Å². The molecule has 0 aromatic heterocycles. The lowest BCUT2D eigenvalue weighted by molar-refractivity contribution is -0.905. The lowest BCUT2D eigenvalue weighted by atomic mass is 10.3. The third kappa shape index (κ3) is 4.31. The molecule has 0 aromatic carbocycles. The molecule has 0 radical (unpaired) electrons. The second-order valence-electron chi connectivity index (χ2n) is 3.44. The zero-order valence-electron chi connectivity index (χ0n) is 8.23. The maximum absolute atomic E-state index is 2.56. The fourth-order valence-electron chi connectivity index (χ4n) is 1.09. The summed E-state index contributed by atoms with van der Waals surface area (Å²) < 4.78 is 2.07. The number of alkyl halides is 1. The van der Waals surface area contributed by atoms with E-state index in [0.29, 0.717) is 0 Å². The average molecular weight is 270 g/mol. The summed E-state index contributed by atoms with van der Waals surface area (Å²) in [4.78, 5) is 0. The van der Waals surface area contributed by atoms with E-state index in [2.05, 4.69) is 50.4 Å². The minimum absolute atomic E-state index is 0.845. The number of nitrogens with zero attached hydrogens (tertiary/aromatic N) is 1. The Balaban J connectivity index is 3.86. The molecule has 0 aromatic rings. The van der Waals surface area contributed by atoms with Crippen molar-refractivity contribution in [1.82, 2.24) is 0 Å². The largest absolute Gasteiger partial charge is 0.326 e. The van der Waals surface area contributed by atoms with Gasteiger partial charge in [0.05, 0.1) is 30.6 Å². The maximum atomic E-state index is 2.56. The Morgan fingerprint density at radius 3 is 1.91 bits per heavy atom. The van der Waals surface area contributed by atoms with E-state index >= 15 is 0 Å². The number of quaternary nitrogens is 1. The smallest absolute Gasteiger partial charge is 0.0903 e. The van der Waals surface area contributed by atoms with E-state index in [0.717, 1.165) is 3.92 Å². The van der Waals surface area contributed by atoms with Crippen LogP contribution in [0.1, 0.15) is 27.2 Å². The maximum Gasteiger partial charge on any atom is 0.0903 e. The SMILES string of the molecule is CCC(I)C[N+](C)(CC)CC. The van der Waals surface area contributed by atoms with Gasteiger partial charge in [-0.2, -0.15) is 0 Å². The number of rotatable bonds is 5. The molecular formula is C9H21IN+. The number of hydrogen-bond acceptors (Lipinski definition) is 0. The fraction of sp³-hybridized carbons (Fsp3) is 1.00. The van der Waals surface area contributed by atoms with Crippen molar-refractivity contribution >= 4 is 22.6 Å². The van der Waals surface area contributed by atoms with Crippen LogP contribution >= 0.6 is 22.6 Å². The van der Waals surface area contributed by atoms with Crippen molar-refractivity contribution in [3.63, 3.8) is 0 Å². The summed E-state index contributed by atoms with van der Waals surface area (Å²) in [6.45, 7) is 10.7. The monoisotopic (exact) mass is 270 g/mol. The molecule has 1 nitrogen and oxygen atoms in total. The fourth-order valence-corrected chi connectivity index (χ4v) is 2.04. The molecule has 0 heterocycles. The second kappa shape index (κ2) is 5.36. The highest BCUT2D eigenvalue weighted by Gasteiger charge is 2.19. The minimum atomic E-state index is 0.845. The summed E-state index contributed by atoms with van der Waals surface area (Å²) in [5, 5.41) is 0. The molecule has 0 bridgehead atoms. The quantitative estimate of drug-likeness (QED) is 0.409. The lowest BCUT2D eigenvalue weighted by Crippen LogP contribution is -2.47. The van der Waals surface area contributed by atoms with Crippen molar-refractivity contribution in [3.05, 3.63) is 0 Å². The molecule has 0 aliphatic rings. The molecule has 0 amide bonds. The summed E-state index contributed by atoms with van der Waals surface area (Å²) in [7, 11) is 2.35. The van der Waals surface area contributed by atoms with Crippen molar-refractivity contribution in [1.29, 1.82) is 0 Å². The van der Waals surface area contributed by atoms with E-state index in [-0.39, 0.29) is 0 Å². The Kier molecular flexibility index (Phi) is 5.69.